The first-order chi connectivity index (χ1) is 11.4. The summed E-state index contributed by atoms with van der Waals surface area (Å²) >= 11 is 4.44. The standard InChI is InChI=1S/C12H16N2O8P2S/c15-11(9-2-4-10(5-3-9)14-8-25)13-7-1-6-12(16,23(17,18)19)24(20,21)22/h2-5,16H,1,6-7H2,(H,13,15)(H2,17,18,19)(H2,20,21,22). The van der Waals surface area contributed by atoms with Crippen LogP contribution in [0.2, 0.25) is 0 Å². The number of nitrogens with one attached hydrogen (secondary N) is 1. The Bertz CT molecular complexity index is 744. The summed E-state index contributed by atoms with van der Waals surface area (Å²) < 4.78 is 22.4. The second kappa shape index (κ2) is 8.42. The molecule has 10 nitrogen and oxygen atoms in total. The summed E-state index contributed by atoms with van der Waals surface area (Å²) in [6.45, 7) is -0.166. The minimum atomic E-state index is -5.49. The van der Waals surface area contributed by atoms with Crippen LogP contribution in [-0.2, 0) is 9.13 Å². The second-order valence-corrected chi connectivity index (χ2v) is 9.16. The zero-order valence-corrected chi connectivity index (χ0v) is 15.2. The molecular formula is C12H16N2O8P2S. The van der Waals surface area contributed by atoms with Crippen molar-refractivity contribution >= 4 is 44.2 Å². The maximum absolute atomic E-state index is 11.9. The second-order valence-electron chi connectivity index (χ2n) is 4.97. The molecule has 25 heavy (non-hydrogen) atoms. The molecule has 0 unspecified atom stereocenters. The van der Waals surface area contributed by atoms with E-state index in [2.05, 4.69) is 27.7 Å². The van der Waals surface area contributed by atoms with Crippen molar-refractivity contribution in [2.45, 2.75) is 17.9 Å². The number of carbonyl (C=O) groups is 1. The molecule has 6 N–H and O–H groups in total. The number of isothiocyanates is 1. The van der Waals surface area contributed by atoms with Gasteiger partial charge in [0.15, 0.2) is 0 Å². The number of amides is 1. The minimum Gasteiger partial charge on any atom is -0.368 e. The number of aliphatic imine (C=N–C) groups is 1. The van der Waals surface area contributed by atoms with E-state index in [1.165, 1.54) is 24.3 Å². The smallest absolute Gasteiger partial charge is 0.368 e. The van der Waals surface area contributed by atoms with Crippen LogP contribution in [0.15, 0.2) is 29.3 Å². The Morgan fingerprint density at radius 1 is 1.16 bits per heavy atom. The SMILES string of the molecule is O=C(NCCCC(O)(P(=O)(O)O)P(=O)(O)O)c1ccc(N=C=S)cc1. The predicted octanol–water partition coefficient (Wildman–Crippen LogP) is 0.932. The first-order valence-corrected chi connectivity index (χ1v) is 10.4. The summed E-state index contributed by atoms with van der Waals surface area (Å²) in [5.74, 6) is -0.520. The molecule has 0 bridgehead atoms. The van der Waals surface area contributed by atoms with Crippen molar-refractivity contribution in [2.75, 3.05) is 6.54 Å². The van der Waals surface area contributed by atoms with E-state index < -0.39 is 32.6 Å². The summed E-state index contributed by atoms with van der Waals surface area (Å²) in [5.41, 5.74) is 0.767. The van der Waals surface area contributed by atoms with Gasteiger partial charge in [-0.2, -0.15) is 4.99 Å². The van der Waals surface area contributed by atoms with E-state index >= 15 is 0 Å². The molecule has 0 aliphatic heterocycles. The molecule has 0 radical (unpaired) electrons. The quantitative estimate of drug-likeness (QED) is 0.157. The average molecular weight is 410 g/mol. The lowest BCUT2D eigenvalue weighted by molar-refractivity contribution is 0.0946. The van der Waals surface area contributed by atoms with Crippen LogP contribution in [-0.4, -0.2) is 47.4 Å². The lowest BCUT2D eigenvalue weighted by Gasteiger charge is -2.29. The van der Waals surface area contributed by atoms with Crippen LogP contribution in [0.4, 0.5) is 5.69 Å². The highest BCUT2D eigenvalue weighted by atomic mass is 32.1. The van der Waals surface area contributed by atoms with Gasteiger partial charge in [-0.25, -0.2) is 0 Å². The summed E-state index contributed by atoms with van der Waals surface area (Å²) in [7, 11) is -11.0. The Morgan fingerprint density at radius 3 is 2.12 bits per heavy atom. The third-order valence-electron chi connectivity index (χ3n) is 3.21. The molecule has 0 fully saturated rings. The van der Waals surface area contributed by atoms with Gasteiger partial charge >= 0.3 is 15.2 Å². The van der Waals surface area contributed by atoms with E-state index in [1.807, 2.05) is 0 Å². The highest BCUT2D eigenvalue weighted by molar-refractivity contribution is 7.78. The van der Waals surface area contributed by atoms with Gasteiger partial charge in [-0.05, 0) is 42.9 Å². The van der Waals surface area contributed by atoms with Crippen molar-refractivity contribution in [3.63, 3.8) is 0 Å². The molecule has 1 amide bonds. The number of rotatable bonds is 8. The Hall–Kier alpha value is -1.25. The first kappa shape index (κ1) is 21.8. The van der Waals surface area contributed by atoms with Crippen molar-refractivity contribution in [1.29, 1.82) is 0 Å². The Morgan fingerprint density at radius 2 is 1.68 bits per heavy atom. The van der Waals surface area contributed by atoms with Crippen molar-refractivity contribution < 1.29 is 38.6 Å². The van der Waals surface area contributed by atoms with Gasteiger partial charge in [0.1, 0.15) is 0 Å². The van der Waals surface area contributed by atoms with Crippen molar-refractivity contribution in [3.8, 4) is 0 Å². The molecule has 0 heterocycles. The molecule has 0 spiro atoms. The number of nitrogens with zero attached hydrogens (tertiary/aromatic N) is 1. The number of carbonyl (C=O) groups excluding carboxylic acids is 1. The van der Waals surface area contributed by atoms with Gasteiger partial charge in [-0.3, -0.25) is 13.9 Å². The fourth-order valence-electron chi connectivity index (χ4n) is 1.83. The maximum Gasteiger partial charge on any atom is 0.369 e. The molecule has 0 aliphatic carbocycles. The van der Waals surface area contributed by atoms with E-state index in [4.69, 9.17) is 19.6 Å². The molecule has 13 heteroatoms. The van der Waals surface area contributed by atoms with E-state index in [9.17, 15) is 19.0 Å². The molecule has 0 saturated heterocycles. The van der Waals surface area contributed by atoms with Gasteiger partial charge in [0.05, 0.1) is 10.8 Å². The molecule has 0 saturated carbocycles. The lowest BCUT2D eigenvalue weighted by Crippen LogP contribution is -2.31. The van der Waals surface area contributed by atoms with Gasteiger partial charge in [-0.15, -0.1) is 0 Å². The summed E-state index contributed by atoms with van der Waals surface area (Å²) in [5, 5.41) is 10.8. The highest BCUT2D eigenvalue weighted by Gasteiger charge is 2.58. The number of aliphatic hydroxyl groups is 1. The third-order valence-corrected chi connectivity index (χ3v) is 7.18. The van der Waals surface area contributed by atoms with E-state index in [0.29, 0.717) is 5.69 Å². The molecule has 0 atom stereocenters. The molecule has 0 aromatic heterocycles. The van der Waals surface area contributed by atoms with Gasteiger partial charge in [0.25, 0.3) is 11.0 Å². The minimum absolute atomic E-state index is 0.166. The van der Waals surface area contributed by atoms with Crippen molar-refractivity contribution in [1.82, 2.24) is 5.32 Å². The monoisotopic (exact) mass is 410 g/mol. The molecule has 1 aromatic rings. The van der Waals surface area contributed by atoms with Crippen molar-refractivity contribution in [3.05, 3.63) is 29.8 Å². The number of hydrogen-bond donors (Lipinski definition) is 6. The van der Waals surface area contributed by atoms with E-state index in [-0.39, 0.29) is 18.5 Å². The van der Waals surface area contributed by atoms with Gasteiger partial charge < -0.3 is 30.0 Å². The van der Waals surface area contributed by atoms with Crippen LogP contribution in [0, 0.1) is 0 Å². The van der Waals surface area contributed by atoms with Crippen LogP contribution >= 0.6 is 27.4 Å². The highest BCUT2D eigenvalue weighted by Crippen LogP contribution is 2.69. The van der Waals surface area contributed by atoms with Crippen LogP contribution < -0.4 is 5.32 Å². The van der Waals surface area contributed by atoms with Crippen LogP contribution in [0.3, 0.4) is 0 Å². The fourth-order valence-corrected chi connectivity index (χ4v) is 4.19. The molecule has 0 aliphatic rings. The predicted molar refractivity (Wildman–Crippen MR) is 91.7 cm³/mol. The van der Waals surface area contributed by atoms with Crippen molar-refractivity contribution in [2.24, 2.45) is 4.99 Å². The zero-order valence-electron chi connectivity index (χ0n) is 12.6. The Labute approximate surface area is 147 Å². The molecule has 1 rings (SSSR count). The van der Waals surface area contributed by atoms with Crippen LogP contribution in [0.5, 0.6) is 0 Å². The van der Waals surface area contributed by atoms with Gasteiger partial charge in [0.2, 0.25) is 0 Å². The van der Waals surface area contributed by atoms with Gasteiger partial charge in [0, 0.05) is 18.5 Å². The Balaban J connectivity index is 2.64. The molecule has 138 valence electrons. The number of thiocarbonyl (C=S) groups is 1. The van der Waals surface area contributed by atoms with Gasteiger partial charge in [-0.1, -0.05) is 0 Å². The number of hydrogen-bond acceptors (Lipinski definition) is 6. The normalized spacial score (nSPS) is 12.4. The largest absolute Gasteiger partial charge is 0.369 e. The molecular weight excluding hydrogens is 394 g/mol. The fraction of sp³-hybridized carbons (Fsp3) is 0.333. The average Bonchev–Trinajstić information content (AvgIpc) is 2.50. The Kier molecular flexibility index (Phi) is 7.34. The maximum atomic E-state index is 11.9. The van der Waals surface area contributed by atoms with Crippen LogP contribution in [0.1, 0.15) is 23.2 Å². The topological polar surface area (TPSA) is 177 Å². The van der Waals surface area contributed by atoms with E-state index in [0.717, 1.165) is 0 Å². The van der Waals surface area contributed by atoms with E-state index in [1.54, 1.807) is 0 Å². The van der Waals surface area contributed by atoms with Crippen LogP contribution in [0.25, 0.3) is 0 Å². The first-order valence-electron chi connectivity index (χ1n) is 6.72. The summed E-state index contributed by atoms with van der Waals surface area (Å²) in [6.07, 6.45) is -1.17. The third kappa shape index (κ3) is 5.62. The lowest BCUT2D eigenvalue weighted by atomic mass is 10.2. The zero-order chi connectivity index (χ0) is 19.3. The summed E-state index contributed by atoms with van der Waals surface area (Å²) in [6, 6.07) is 5.97. The number of benzene rings is 1. The molecule has 1 aromatic carbocycles. The summed E-state index contributed by atoms with van der Waals surface area (Å²) in [4.78, 5) is 51.6.